The Morgan fingerprint density at radius 2 is 2.17 bits per heavy atom. The Bertz CT molecular complexity index is 258. The van der Waals surface area contributed by atoms with Crippen LogP contribution in [0.4, 0.5) is 4.79 Å². The lowest BCUT2D eigenvalue weighted by molar-refractivity contribution is 0.0487. The van der Waals surface area contributed by atoms with Gasteiger partial charge >= 0.3 is 6.09 Å². The molecule has 18 heavy (non-hydrogen) atoms. The maximum absolute atomic E-state index is 11.3. The molecule has 106 valence electrons. The molecule has 1 heterocycles. The van der Waals surface area contributed by atoms with Gasteiger partial charge in [-0.05, 0) is 33.6 Å². The molecule has 5 nitrogen and oxygen atoms in total. The first kappa shape index (κ1) is 15.2. The number of epoxide rings is 1. The second kappa shape index (κ2) is 6.95. The Labute approximate surface area is 109 Å². The minimum absolute atomic E-state index is 0.245. The zero-order valence-electron chi connectivity index (χ0n) is 11.6. The number of rotatable bonds is 7. The van der Waals surface area contributed by atoms with Crippen LogP contribution >= 0.6 is 0 Å². The molecule has 2 atom stereocenters. The van der Waals surface area contributed by atoms with E-state index in [-0.39, 0.29) is 6.54 Å². The maximum Gasteiger partial charge on any atom is 0.407 e. The molecule has 2 N–H and O–H groups in total. The molecule has 0 unspecified atom stereocenters. The third-order valence-electron chi connectivity index (χ3n) is 2.60. The van der Waals surface area contributed by atoms with Crippen molar-refractivity contribution in [3.05, 3.63) is 0 Å². The molecule has 0 saturated carbocycles. The first-order valence-electron chi connectivity index (χ1n) is 6.63. The molecule has 0 aliphatic carbocycles. The molecule has 1 saturated heterocycles. The highest BCUT2D eigenvalue weighted by molar-refractivity contribution is 5.67. The molecule has 1 rings (SSSR count). The number of aliphatic hydroxyl groups is 1. The number of hydrogen-bond donors (Lipinski definition) is 2. The molecular weight excluding hydrogens is 234 g/mol. The zero-order valence-corrected chi connectivity index (χ0v) is 11.6. The molecule has 1 fully saturated rings. The Kier molecular flexibility index (Phi) is 5.88. The highest BCUT2D eigenvalue weighted by Crippen LogP contribution is 2.17. The molecule has 0 aromatic rings. The molecule has 0 aromatic heterocycles. The van der Waals surface area contributed by atoms with Gasteiger partial charge in [-0.2, -0.15) is 0 Å². The SMILES string of the molecule is CC(C)(C)OC(=O)NC[C@@H](O)CCCC[C@H]1CO1. The predicted molar refractivity (Wildman–Crippen MR) is 68.5 cm³/mol. The summed E-state index contributed by atoms with van der Waals surface area (Å²) in [4.78, 5) is 11.3. The fourth-order valence-corrected chi connectivity index (χ4v) is 1.60. The molecule has 1 amide bonds. The number of alkyl carbamates (subject to hydrolysis) is 1. The van der Waals surface area contributed by atoms with Crippen LogP contribution in [0, 0.1) is 0 Å². The van der Waals surface area contributed by atoms with Crippen molar-refractivity contribution in [3.63, 3.8) is 0 Å². The van der Waals surface area contributed by atoms with E-state index < -0.39 is 17.8 Å². The third kappa shape index (κ3) is 8.31. The second-order valence-corrected chi connectivity index (χ2v) is 5.78. The number of carbonyl (C=O) groups is 1. The van der Waals surface area contributed by atoms with E-state index in [1.165, 1.54) is 0 Å². The van der Waals surface area contributed by atoms with Crippen molar-refractivity contribution in [1.29, 1.82) is 0 Å². The first-order valence-corrected chi connectivity index (χ1v) is 6.63. The molecule has 0 radical (unpaired) electrons. The van der Waals surface area contributed by atoms with Gasteiger partial charge in [-0.3, -0.25) is 0 Å². The quantitative estimate of drug-likeness (QED) is 0.540. The number of amides is 1. The number of unbranched alkanes of at least 4 members (excludes halogenated alkanes) is 1. The van der Waals surface area contributed by atoms with Gasteiger partial charge in [0.2, 0.25) is 0 Å². The van der Waals surface area contributed by atoms with Crippen LogP contribution in [0.2, 0.25) is 0 Å². The zero-order chi connectivity index (χ0) is 13.6. The van der Waals surface area contributed by atoms with Gasteiger partial charge in [-0.25, -0.2) is 4.79 Å². The smallest absolute Gasteiger partial charge is 0.407 e. The third-order valence-corrected chi connectivity index (χ3v) is 2.60. The van der Waals surface area contributed by atoms with Gasteiger partial charge in [0.15, 0.2) is 0 Å². The van der Waals surface area contributed by atoms with E-state index in [1.807, 2.05) is 20.8 Å². The van der Waals surface area contributed by atoms with E-state index in [9.17, 15) is 9.90 Å². The van der Waals surface area contributed by atoms with Gasteiger partial charge < -0.3 is 19.9 Å². The van der Waals surface area contributed by atoms with E-state index in [1.54, 1.807) is 0 Å². The molecule has 1 aliphatic heterocycles. The lowest BCUT2D eigenvalue weighted by Gasteiger charge is -2.20. The van der Waals surface area contributed by atoms with E-state index in [0.29, 0.717) is 12.5 Å². The summed E-state index contributed by atoms with van der Waals surface area (Å²) < 4.78 is 10.2. The Balaban J connectivity index is 1.97. The van der Waals surface area contributed by atoms with E-state index >= 15 is 0 Å². The largest absolute Gasteiger partial charge is 0.444 e. The summed E-state index contributed by atoms with van der Waals surface area (Å²) in [5.74, 6) is 0. The van der Waals surface area contributed by atoms with Crippen LogP contribution in [0.25, 0.3) is 0 Å². The lowest BCUT2D eigenvalue weighted by Crippen LogP contribution is -2.36. The van der Waals surface area contributed by atoms with Crippen LogP contribution in [0.5, 0.6) is 0 Å². The van der Waals surface area contributed by atoms with Crippen molar-refractivity contribution in [2.24, 2.45) is 0 Å². The minimum Gasteiger partial charge on any atom is -0.444 e. The average Bonchev–Trinajstić information content (AvgIpc) is 3.03. The fourth-order valence-electron chi connectivity index (χ4n) is 1.60. The van der Waals surface area contributed by atoms with Gasteiger partial charge in [0.1, 0.15) is 5.60 Å². The van der Waals surface area contributed by atoms with Gasteiger partial charge in [0.05, 0.1) is 18.8 Å². The summed E-state index contributed by atoms with van der Waals surface area (Å²) in [6, 6.07) is 0. The van der Waals surface area contributed by atoms with Gasteiger partial charge in [0, 0.05) is 6.54 Å². The van der Waals surface area contributed by atoms with Crippen LogP contribution in [0.1, 0.15) is 46.5 Å². The second-order valence-electron chi connectivity index (χ2n) is 5.78. The van der Waals surface area contributed by atoms with Crippen LogP contribution in [0.15, 0.2) is 0 Å². The van der Waals surface area contributed by atoms with Crippen LogP contribution in [-0.2, 0) is 9.47 Å². The topological polar surface area (TPSA) is 71.1 Å². The average molecular weight is 259 g/mol. The van der Waals surface area contributed by atoms with E-state index in [4.69, 9.17) is 9.47 Å². The van der Waals surface area contributed by atoms with Crippen LogP contribution < -0.4 is 5.32 Å². The molecule has 5 heteroatoms. The van der Waals surface area contributed by atoms with Crippen LogP contribution in [0.3, 0.4) is 0 Å². The number of ether oxygens (including phenoxy) is 2. The lowest BCUT2D eigenvalue weighted by atomic mass is 10.1. The minimum atomic E-state index is -0.502. The van der Waals surface area contributed by atoms with Crippen molar-refractivity contribution >= 4 is 6.09 Å². The summed E-state index contributed by atoms with van der Waals surface area (Å²) in [6.07, 6.45) is 3.27. The van der Waals surface area contributed by atoms with Gasteiger partial charge in [-0.15, -0.1) is 0 Å². The van der Waals surface area contributed by atoms with Crippen molar-refractivity contribution in [1.82, 2.24) is 5.32 Å². The highest BCUT2D eigenvalue weighted by Gasteiger charge is 2.21. The molecule has 0 aromatic carbocycles. The number of hydrogen-bond acceptors (Lipinski definition) is 4. The summed E-state index contributed by atoms with van der Waals surface area (Å²) >= 11 is 0. The normalized spacial score (nSPS) is 20.3. The van der Waals surface area contributed by atoms with Crippen molar-refractivity contribution in [3.8, 4) is 0 Å². The van der Waals surface area contributed by atoms with Crippen molar-refractivity contribution < 1.29 is 19.4 Å². The molecule has 0 spiro atoms. The van der Waals surface area contributed by atoms with E-state index in [0.717, 1.165) is 25.9 Å². The summed E-state index contributed by atoms with van der Waals surface area (Å²) in [7, 11) is 0. The summed E-state index contributed by atoms with van der Waals surface area (Å²) in [5, 5.41) is 12.2. The van der Waals surface area contributed by atoms with Crippen molar-refractivity contribution in [2.75, 3.05) is 13.2 Å². The number of carbonyl (C=O) groups excluding carboxylic acids is 1. The predicted octanol–water partition coefficient (Wildman–Crippen LogP) is 1.83. The highest BCUT2D eigenvalue weighted by atomic mass is 16.6. The summed E-state index contributed by atoms with van der Waals surface area (Å²) in [6.45, 7) is 6.56. The molecular formula is C13H25NO4. The summed E-state index contributed by atoms with van der Waals surface area (Å²) in [5.41, 5.74) is -0.501. The maximum atomic E-state index is 11.3. The fraction of sp³-hybridized carbons (Fsp3) is 0.923. The van der Waals surface area contributed by atoms with Gasteiger partial charge in [-0.1, -0.05) is 12.8 Å². The Morgan fingerprint density at radius 1 is 1.50 bits per heavy atom. The van der Waals surface area contributed by atoms with E-state index in [2.05, 4.69) is 5.32 Å². The Morgan fingerprint density at radius 3 is 2.72 bits per heavy atom. The monoisotopic (exact) mass is 259 g/mol. The number of aliphatic hydroxyl groups excluding tert-OH is 1. The first-order chi connectivity index (χ1) is 8.37. The van der Waals surface area contributed by atoms with Crippen LogP contribution in [-0.4, -0.2) is 42.2 Å². The van der Waals surface area contributed by atoms with Gasteiger partial charge in [0.25, 0.3) is 0 Å². The van der Waals surface area contributed by atoms with Crippen molar-refractivity contribution in [2.45, 2.75) is 64.3 Å². The number of nitrogens with one attached hydrogen (secondary N) is 1. The molecule has 1 aliphatic rings. The molecule has 0 bridgehead atoms. The Hall–Kier alpha value is -0.810. The standard InChI is InChI=1S/C13H25NO4/c1-13(2,3)18-12(16)14-8-10(15)6-4-5-7-11-9-17-11/h10-11,15H,4-9H2,1-3H3,(H,14,16)/t10-,11-/m0/s1.